The van der Waals surface area contributed by atoms with Crippen LogP contribution in [0.3, 0.4) is 0 Å². The van der Waals surface area contributed by atoms with Gasteiger partial charge in [0.25, 0.3) is 0 Å². The maximum absolute atomic E-state index is 11.9. The van der Waals surface area contributed by atoms with Crippen molar-refractivity contribution in [1.82, 2.24) is 14.9 Å². The van der Waals surface area contributed by atoms with E-state index in [1.165, 1.54) is 10.8 Å². The Bertz CT molecular complexity index is 726. The summed E-state index contributed by atoms with van der Waals surface area (Å²) in [4.78, 5) is 27.0. The average Bonchev–Trinajstić information content (AvgIpc) is 2.55. The van der Waals surface area contributed by atoms with Crippen molar-refractivity contribution in [3.05, 3.63) is 58.8 Å². The van der Waals surface area contributed by atoms with Gasteiger partial charge in [0.05, 0.1) is 6.61 Å². The monoisotopic (exact) mass is 299 g/mol. The van der Waals surface area contributed by atoms with Crippen LogP contribution in [0.15, 0.2) is 47.5 Å². The first-order valence-electron chi connectivity index (χ1n) is 7.21. The Morgan fingerprint density at radius 2 is 2.23 bits per heavy atom. The summed E-state index contributed by atoms with van der Waals surface area (Å²) < 4.78 is 6.97. The molecule has 6 heteroatoms. The lowest BCUT2D eigenvalue weighted by atomic mass is 9.97. The first kappa shape index (κ1) is 14.3. The SMILES string of the molecule is O=C(Cn1cccnc1=O)NC[C@@H]1COc2ccccc2C1. The number of hydrogen-bond acceptors (Lipinski definition) is 4. The molecule has 1 aliphatic heterocycles. The van der Waals surface area contributed by atoms with Crippen LogP contribution in [0.2, 0.25) is 0 Å². The molecule has 1 N–H and O–H groups in total. The molecule has 1 aromatic heterocycles. The molecule has 3 rings (SSSR count). The van der Waals surface area contributed by atoms with Crippen molar-refractivity contribution in [2.45, 2.75) is 13.0 Å². The van der Waals surface area contributed by atoms with Gasteiger partial charge in [0, 0.05) is 24.9 Å². The number of para-hydroxylation sites is 1. The van der Waals surface area contributed by atoms with E-state index < -0.39 is 5.69 Å². The molecule has 2 heterocycles. The highest BCUT2D eigenvalue weighted by Gasteiger charge is 2.19. The third-order valence-corrected chi connectivity index (χ3v) is 3.64. The van der Waals surface area contributed by atoms with E-state index in [1.807, 2.05) is 24.3 Å². The maximum atomic E-state index is 11.9. The number of carbonyl (C=O) groups is 1. The fraction of sp³-hybridized carbons (Fsp3) is 0.312. The highest BCUT2D eigenvalue weighted by molar-refractivity contribution is 5.75. The second kappa shape index (κ2) is 6.43. The Morgan fingerprint density at radius 3 is 3.09 bits per heavy atom. The van der Waals surface area contributed by atoms with E-state index in [0.29, 0.717) is 13.2 Å². The standard InChI is InChI=1S/C16H17N3O3/c20-15(10-19-7-3-6-17-16(19)21)18-9-12-8-13-4-1-2-5-14(13)22-11-12/h1-7,12H,8-11H2,(H,18,20)/t12-/m1/s1. The molecule has 1 aromatic carbocycles. The lowest BCUT2D eigenvalue weighted by molar-refractivity contribution is -0.122. The maximum Gasteiger partial charge on any atom is 0.347 e. The molecular weight excluding hydrogens is 282 g/mol. The topological polar surface area (TPSA) is 73.2 Å². The third-order valence-electron chi connectivity index (χ3n) is 3.64. The van der Waals surface area contributed by atoms with Crippen molar-refractivity contribution in [3.63, 3.8) is 0 Å². The average molecular weight is 299 g/mol. The number of nitrogens with zero attached hydrogens (tertiary/aromatic N) is 2. The fourth-order valence-corrected chi connectivity index (χ4v) is 2.50. The highest BCUT2D eigenvalue weighted by atomic mass is 16.5. The molecule has 1 aliphatic rings. The van der Waals surface area contributed by atoms with E-state index in [1.54, 1.807) is 12.3 Å². The summed E-state index contributed by atoms with van der Waals surface area (Å²) in [6, 6.07) is 9.56. The Hall–Kier alpha value is -2.63. The number of rotatable bonds is 4. The van der Waals surface area contributed by atoms with Gasteiger partial charge in [-0.25, -0.2) is 9.78 Å². The van der Waals surface area contributed by atoms with Gasteiger partial charge in [-0.05, 0) is 24.1 Å². The van der Waals surface area contributed by atoms with Crippen LogP contribution in [-0.2, 0) is 17.8 Å². The number of nitrogens with one attached hydrogen (secondary N) is 1. The number of hydrogen-bond donors (Lipinski definition) is 1. The lowest BCUT2D eigenvalue weighted by Crippen LogP contribution is -2.38. The largest absolute Gasteiger partial charge is 0.493 e. The van der Waals surface area contributed by atoms with E-state index in [2.05, 4.69) is 10.3 Å². The van der Waals surface area contributed by atoms with Crippen LogP contribution in [0, 0.1) is 5.92 Å². The Balaban J connectivity index is 1.52. The van der Waals surface area contributed by atoms with Crippen molar-refractivity contribution < 1.29 is 9.53 Å². The molecule has 0 unspecified atom stereocenters. The molecule has 0 saturated heterocycles. The van der Waals surface area contributed by atoms with Gasteiger partial charge in [0.1, 0.15) is 12.3 Å². The van der Waals surface area contributed by atoms with Crippen LogP contribution in [0.4, 0.5) is 0 Å². The van der Waals surface area contributed by atoms with Gasteiger partial charge in [-0.3, -0.25) is 9.36 Å². The molecule has 0 fully saturated rings. The number of fused-ring (bicyclic) bond motifs is 1. The zero-order valence-corrected chi connectivity index (χ0v) is 12.1. The van der Waals surface area contributed by atoms with Crippen molar-refractivity contribution in [3.8, 4) is 5.75 Å². The molecule has 0 saturated carbocycles. The zero-order valence-electron chi connectivity index (χ0n) is 12.1. The van der Waals surface area contributed by atoms with Gasteiger partial charge >= 0.3 is 5.69 Å². The van der Waals surface area contributed by atoms with Crippen LogP contribution < -0.4 is 15.7 Å². The molecule has 2 aromatic rings. The van der Waals surface area contributed by atoms with Crippen molar-refractivity contribution in [2.24, 2.45) is 5.92 Å². The second-order valence-corrected chi connectivity index (χ2v) is 5.32. The predicted molar refractivity (Wildman–Crippen MR) is 80.6 cm³/mol. The summed E-state index contributed by atoms with van der Waals surface area (Å²) in [6.07, 6.45) is 3.84. The van der Waals surface area contributed by atoms with Gasteiger partial charge in [0.2, 0.25) is 5.91 Å². The summed E-state index contributed by atoms with van der Waals surface area (Å²) in [5, 5.41) is 2.85. The number of ether oxygens (including phenoxy) is 1. The fourth-order valence-electron chi connectivity index (χ4n) is 2.50. The van der Waals surface area contributed by atoms with Gasteiger partial charge in [0.15, 0.2) is 0 Å². The van der Waals surface area contributed by atoms with Crippen molar-refractivity contribution >= 4 is 5.91 Å². The van der Waals surface area contributed by atoms with E-state index in [9.17, 15) is 9.59 Å². The van der Waals surface area contributed by atoms with E-state index in [0.717, 1.165) is 17.7 Å². The van der Waals surface area contributed by atoms with E-state index in [-0.39, 0.29) is 18.4 Å². The smallest absolute Gasteiger partial charge is 0.347 e. The van der Waals surface area contributed by atoms with Gasteiger partial charge in [-0.2, -0.15) is 0 Å². The molecule has 0 aliphatic carbocycles. The van der Waals surface area contributed by atoms with Crippen LogP contribution in [-0.4, -0.2) is 28.6 Å². The molecule has 1 atom stereocenters. The van der Waals surface area contributed by atoms with Gasteiger partial charge < -0.3 is 10.1 Å². The van der Waals surface area contributed by atoms with E-state index >= 15 is 0 Å². The Labute approximate surface area is 127 Å². The molecule has 0 bridgehead atoms. The first-order valence-corrected chi connectivity index (χ1v) is 7.21. The minimum atomic E-state index is -0.424. The quantitative estimate of drug-likeness (QED) is 0.898. The molecule has 22 heavy (non-hydrogen) atoms. The van der Waals surface area contributed by atoms with Gasteiger partial charge in [-0.1, -0.05) is 18.2 Å². The number of benzene rings is 1. The molecule has 114 valence electrons. The minimum Gasteiger partial charge on any atom is -0.493 e. The van der Waals surface area contributed by atoms with Crippen molar-refractivity contribution in [1.29, 1.82) is 0 Å². The third kappa shape index (κ3) is 3.33. The molecule has 6 nitrogen and oxygen atoms in total. The first-order chi connectivity index (χ1) is 10.7. The summed E-state index contributed by atoms with van der Waals surface area (Å²) >= 11 is 0. The molecule has 1 amide bonds. The Kier molecular flexibility index (Phi) is 4.18. The van der Waals surface area contributed by atoms with Crippen LogP contribution >= 0.6 is 0 Å². The molecule has 0 spiro atoms. The molecule has 0 radical (unpaired) electrons. The summed E-state index contributed by atoms with van der Waals surface area (Å²) in [7, 11) is 0. The normalized spacial score (nSPS) is 16.5. The summed E-state index contributed by atoms with van der Waals surface area (Å²) in [6.45, 7) is 1.10. The van der Waals surface area contributed by atoms with Crippen LogP contribution in [0.25, 0.3) is 0 Å². The summed E-state index contributed by atoms with van der Waals surface area (Å²) in [5.74, 6) is 0.963. The minimum absolute atomic E-state index is 0.0170. The van der Waals surface area contributed by atoms with Crippen LogP contribution in [0.5, 0.6) is 5.75 Å². The molecular formula is C16H17N3O3. The number of aromatic nitrogens is 2. The van der Waals surface area contributed by atoms with Crippen LogP contribution in [0.1, 0.15) is 5.56 Å². The Morgan fingerprint density at radius 1 is 1.36 bits per heavy atom. The second-order valence-electron chi connectivity index (χ2n) is 5.32. The highest BCUT2D eigenvalue weighted by Crippen LogP contribution is 2.26. The van der Waals surface area contributed by atoms with Crippen molar-refractivity contribution in [2.75, 3.05) is 13.2 Å². The lowest BCUT2D eigenvalue weighted by Gasteiger charge is -2.25. The summed E-state index contributed by atoms with van der Waals surface area (Å²) in [5.41, 5.74) is 0.740. The van der Waals surface area contributed by atoms with E-state index in [4.69, 9.17) is 4.74 Å². The predicted octanol–water partition coefficient (Wildman–Crippen LogP) is 0.611. The number of amides is 1. The van der Waals surface area contributed by atoms with Gasteiger partial charge in [-0.15, -0.1) is 0 Å². The number of carbonyl (C=O) groups excluding carboxylic acids is 1. The zero-order chi connectivity index (χ0) is 15.4.